The standard InChI is InChI=1S/C11H18O2/c12-10(13)11(9-5-4-6-9)7-2-1-3-8-11/h9H,1-8H2,(H,12,13). The maximum atomic E-state index is 11.3. The first-order valence-electron chi connectivity index (χ1n) is 5.49. The first kappa shape index (κ1) is 9.04. The van der Waals surface area contributed by atoms with E-state index < -0.39 is 5.97 Å². The molecule has 0 radical (unpaired) electrons. The Morgan fingerprint density at radius 2 is 1.69 bits per heavy atom. The molecule has 0 aromatic rings. The zero-order valence-corrected chi connectivity index (χ0v) is 8.09. The Labute approximate surface area is 79.3 Å². The van der Waals surface area contributed by atoms with Gasteiger partial charge in [-0.15, -0.1) is 0 Å². The molecule has 2 heteroatoms. The van der Waals surface area contributed by atoms with Crippen LogP contribution in [0.2, 0.25) is 0 Å². The summed E-state index contributed by atoms with van der Waals surface area (Å²) in [4.78, 5) is 11.3. The molecule has 0 atom stereocenters. The van der Waals surface area contributed by atoms with Gasteiger partial charge in [-0.05, 0) is 31.6 Å². The van der Waals surface area contributed by atoms with Gasteiger partial charge in [-0.3, -0.25) is 4.79 Å². The monoisotopic (exact) mass is 182 g/mol. The minimum absolute atomic E-state index is 0.309. The molecule has 0 aromatic heterocycles. The molecule has 0 bridgehead atoms. The second kappa shape index (κ2) is 3.32. The van der Waals surface area contributed by atoms with Crippen molar-refractivity contribution in [3.63, 3.8) is 0 Å². The lowest BCUT2D eigenvalue weighted by atomic mass is 9.59. The number of hydrogen-bond donors (Lipinski definition) is 1. The molecule has 2 nitrogen and oxygen atoms in total. The molecule has 74 valence electrons. The second-order valence-electron chi connectivity index (χ2n) is 4.65. The fourth-order valence-electron chi connectivity index (χ4n) is 2.94. The van der Waals surface area contributed by atoms with Crippen LogP contribution < -0.4 is 0 Å². The summed E-state index contributed by atoms with van der Waals surface area (Å²) in [5, 5.41) is 9.32. The number of carbonyl (C=O) groups is 1. The molecule has 2 fully saturated rings. The summed E-state index contributed by atoms with van der Waals surface area (Å²) < 4.78 is 0. The third-order valence-electron chi connectivity index (χ3n) is 4.06. The van der Waals surface area contributed by atoms with Gasteiger partial charge in [0.25, 0.3) is 0 Å². The predicted octanol–water partition coefficient (Wildman–Crippen LogP) is 2.82. The van der Waals surface area contributed by atoms with E-state index in [4.69, 9.17) is 0 Å². The molecule has 1 N–H and O–H groups in total. The maximum Gasteiger partial charge on any atom is 0.309 e. The summed E-state index contributed by atoms with van der Waals surface area (Å²) in [7, 11) is 0. The molecule has 0 heterocycles. The highest BCUT2D eigenvalue weighted by atomic mass is 16.4. The Kier molecular flexibility index (Phi) is 2.31. The van der Waals surface area contributed by atoms with Gasteiger partial charge in [0.05, 0.1) is 5.41 Å². The number of rotatable bonds is 2. The zero-order valence-electron chi connectivity index (χ0n) is 8.09. The molecular weight excluding hydrogens is 164 g/mol. The van der Waals surface area contributed by atoms with Crippen molar-refractivity contribution in [3.8, 4) is 0 Å². The van der Waals surface area contributed by atoms with E-state index in [1.54, 1.807) is 0 Å². The van der Waals surface area contributed by atoms with E-state index in [0.717, 1.165) is 38.5 Å². The molecule has 13 heavy (non-hydrogen) atoms. The fraction of sp³-hybridized carbons (Fsp3) is 0.909. The quantitative estimate of drug-likeness (QED) is 0.713. The van der Waals surface area contributed by atoms with Gasteiger partial charge in [0, 0.05) is 0 Å². The van der Waals surface area contributed by atoms with Crippen molar-refractivity contribution < 1.29 is 9.90 Å². The molecule has 2 aliphatic carbocycles. The van der Waals surface area contributed by atoms with E-state index in [9.17, 15) is 9.90 Å². The van der Waals surface area contributed by atoms with E-state index in [0.29, 0.717) is 5.92 Å². The van der Waals surface area contributed by atoms with Gasteiger partial charge in [-0.25, -0.2) is 0 Å². The topological polar surface area (TPSA) is 37.3 Å². The van der Waals surface area contributed by atoms with Crippen molar-refractivity contribution >= 4 is 5.97 Å². The van der Waals surface area contributed by atoms with Crippen LogP contribution in [-0.4, -0.2) is 11.1 Å². The normalized spacial score (nSPS) is 28.0. The molecule has 0 unspecified atom stereocenters. The summed E-state index contributed by atoms with van der Waals surface area (Å²) in [5.41, 5.74) is -0.309. The van der Waals surface area contributed by atoms with Crippen LogP contribution in [-0.2, 0) is 4.79 Å². The lowest BCUT2D eigenvalue weighted by Crippen LogP contribution is -2.43. The van der Waals surface area contributed by atoms with Crippen LogP contribution in [0.5, 0.6) is 0 Å². The maximum absolute atomic E-state index is 11.3. The molecule has 0 aliphatic heterocycles. The van der Waals surface area contributed by atoms with Gasteiger partial charge in [-0.2, -0.15) is 0 Å². The van der Waals surface area contributed by atoms with Crippen LogP contribution in [0, 0.1) is 11.3 Å². The van der Waals surface area contributed by atoms with E-state index in [2.05, 4.69) is 0 Å². The molecule has 2 saturated carbocycles. The van der Waals surface area contributed by atoms with Crippen LogP contribution in [0.15, 0.2) is 0 Å². The first-order valence-corrected chi connectivity index (χ1v) is 5.49. The molecule has 0 aromatic carbocycles. The third-order valence-corrected chi connectivity index (χ3v) is 4.06. The van der Waals surface area contributed by atoms with Gasteiger partial charge in [0.2, 0.25) is 0 Å². The number of carboxylic acids is 1. The van der Waals surface area contributed by atoms with Crippen LogP contribution >= 0.6 is 0 Å². The van der Waals surface area contributed by atoms with Crippen molar-refractivity contribution in [2.45, 2.75) is 51.4 Å². The molecule has 0 spiro atoms. The molecular formula is C11H18O2. The Morgan fingerprint density at radius 3 is 2.08 bits per heavy atom. The average molecular weight is 182 g/mol. The van der Waals surface area contributed by atoms with Gasteiger partial charge < -0.3 is 5.11 Å². The number of hydrogen-bond acceptors (Lipinski definition) is 1. The first-order chi connectivity index (χ1) is 6.26. The molecule has 0 amide bonds. The smallest absolute Gasteiger partial charge is 0.309 e. The van der Waals surface area contributed by atoms with Crippen LogP contribution in [0.3, 0.4) is 0 Å². The van der Waals surface area contributed by atoms with Crippen LogP contribution in [0.1, 0.15) is 51.4 Å². The minimum atomic E-state index is -0.517. The molecule has 2 aliphatic rings. The highest BCUT2D eigenvalue weighted by Gasteiger charge is 2.48. The van der Waals surface area contributed by atoms with Crippen molar-refractivity contribution in [2.75, 3.05) is 0 Å². The minimum Gasteiger partial charge on any atom is -0.481 e. The summed E-state index contributed by atoms with van der Waals surface area (Å²) >= 11 is 0. The highest BCUT2D eigenvalue weighted by Crippen LogP contribution is 2.50. The number of carboxylic acid groups (broad SMARTS) is 1. The summed E-state index contributed by atoms with van der Waals surface area (Å²) in [6.45, 7) is 0. The van der Waals surface area contributed by atoms with Crippen LogP contribution in [0.4, 0.5) is 0 Å². The average Bonchev–Trinajstić information content (AvgIpc) is 2.02. The predicted molar refractivity (Wildman–Crippen MR) is 50.5 cm³/mol. The lowest BCUT2D eigenvalue weighted by Gasteiger charge is -2.44. The van der Waals surface area contributed by atoms with Crippen molar-refractivity contribution in [1.29, 1.82) is 0 Å². The van der Waals surface area contributed by atoms with Crippen LogP contribution in [0.25, 0.3) is 0 Å². The van der Waals surface area contributed by atoms with E-state index in [-0.39, 0.29) is 5.41 Å². The van der Waals surface area contributed by atoms with Gasteiger partial charge >= 0.3 is 5.97 Å². The lowest BCUT2D eigenvalue weighted by molar-refractivity contribution is -0.158. The summed E-state index contributed by atoms with van der Waals surface area (Å²) in [5.74, 6) is -0.0119. The second-order valence-corrected chi connectivity index (χ2v) is 4.65. The number of aliphatic carboxylic acids is 1. The Hall–Kier alpha value is -0.530. The fourth-order valence-corrected chi connectivity index (χ4v) is 2.94. The molecule has 0 saturated heterocycles. The molecule has 2 rings (SSSR count). The SMILES string of the molecule is O=C(O)C1(C2CCC2)CCCCC1. The Balaban J connectivity index is 2.12. The van der Waals surface area contributed by atoms with E-state index >= 15 is 0 Å². The highest BCUT2D eigenvalue weighted by molar-refractivity contribution is 5.75. The zero-order chi connectivity index (χ0) is 9.31. The van der Waals surface area contributed by atoms with Gasteiger partial charge in [0.1, 0.15) is 0 Å². The Bertz CT molecular complexity index is 200. The summed E-state index contributed by atoms with van der Waals surface area (Å²) in [6.07, 6.45) is 8.94. The van der Waals surface area contributed by atoms with Crippen molar-refractivity contribution in [1.82, 2.24) is 0 Å². The summed E-state index contributed by atoms with van der Waals surface area (Å²) in [6, 6.07) is 0. The van der Waals surface area contributed by atoms with Crippen molar-refractivity contribution in [2.24, 2.45) is 11.3 Å². The van der Waals surface area contributed by atoms with Gasteiger partial charge in [-0.1, -0.05) is 25.7 Å². The Morgan fingerprint density at radius 1 is 1.08 bits per heavy atom. The van der Waals surface area contributed by atoms with E-state index in [1.165, 1.54) is 12.8 Å². The van der Waals surface area contributed by atoms with Gasteiger partial charge in [0.15, 0.2) is 0 Å². The van der Waals surface area contributed by atoms with Crippen molar-refractivity contribution in [3.05, 3.63) is 0 Å². The third kappa shape index (κ3) is 1.36. The largest absolute Gasteiger partial charge is 0.481 e. The van der Waals surface area contributed by atoms with E-state index in [1.807, 2.05) is 0 Å².